The lowest BCUT2D eigenvalue weighted by atomic mass is 10.2. The van der Waals surface area contributed by atoms with Crippen LogP contribution in [0.1, 0.15) is 25.3 Å². The average Bonchev–Trinajstić information content (AvgIpc) is 2.60. The van der Waals surface area contributed by atoms with E-state index in [0.29, 0.717) is 18.2 Å². The Bertz CT molecular complexity index is 658. The average molecular weight is 330 g/mol. The normalized spacial score (nSPS) is 11.2. The Kier molecular flexibility index (Phi) is 7.01. The molecule has 2 aromatic rings. The fourth-order valence-electron chi connectivity index (χ4n) is 2.03. The molecule has 1 aromatic heterocycles. The Balaban J connectivity index is 1.91. The van der Waals surface area contributed by atoms with Gasteiger partial charge in [-0.15, -0.1) is 0 Å². The standard InChI is InChI=1S/C18H23FN4O/c1-3-4-10-22-18(20-2)23-13-14-9-11-21-17(12-14)24-16-7-5-15(19)6-8-16/h5-9,11-12H,3-4,10,13H2,1-2H3,(H2,20,22,23). The number of aliphatic imine (C=N–C) groups is 1. The molecule has 0 saturated carbocycles. The molecule has 0 unspecified atom stereocenters. The molecule has 0 fully saturated rings. The van der Waals surface area contributed by atoms with E-state index >= 15 is 0 Å². The van der Waals surface area contributed by atoms with Crippen LogP contribution in [-0.4, -0.2) is 24.5 Å². The maximum atomic E-state index is 12.9. The summed E-state index contributed by atoms with van der Waals surface area (Å²) >= 11 is 0. The number of unbranched alkanes of at least 4 members (excludes halogenated alkanes) is 1. The number of aromatic nitrogens is 1. The maximum Gasteiger partial charge on any atom is 0.219 e. The summed E-state index contributed by atoms with van der Waals surface area (Å²) in [6.07, 6.45) is 3.92. The zero-order valence-electron chi connectivity index (χ0n) is 14.1. The molecule has 2 rings (SSSR count). The highest BCUT2D eigenvalue weighted by Gasteiger charge is 2.03. The molecule has 0 bridgehead atoms. The van der Waals surface area contributed by atoms with Crippen molar-refractivity contribution < 1.29 is 9.13 Å². The number of nitrogens with zero attached hydrogens (tertiary/aromatic N) is 2. The number of nitrogens with one attached hydrogen (secondary N) is 2. The van der Waals surface area contributed by atoms with Crippen LogP contribution in [0.25, 0.3) is 0 Å². The molecule has 0 radical (unpaired) electrons. The van der Waals surface area contributed by atoms with E-state index in [-0.39, 0.29) is 5.82 Å². The molecule has 6 heteroatoms. The Morgan fingerprint density at radius 1 is 1.21 bits per heavy atom. The number of pyridine rings is 1. The van der Waals surface area contributed by atoms with Gasteiger partial charge in [0.2, 0.25) is 5.88 Å². The van der Waals surface area contributed by atoms with E-state index in [1.165, 1.54) is 12.1 Å². The number of hydrogen-bond acceptors (Lipinski definition) is 3. The first-order chi connectivity index (χ1) is 11.7. The predicted molar refractivity (Wildman–Crippen MR) is 93.8 cm³/mol. The summed E-state index contributed by atoms with van der Waals surface area (Å²) < 4.78 is 18.5. The summed E-state index contributed by atoms with van der Waals surface area (Å²) in [5.41, 5.74) is 1.01. The van der Waals surface area contributed by atoms with E-state index in [0.717, 1.165) is 30.9 Å². The van der Waals surface area contributed by atoms with Gasteiger partial charge in [-0.25, -0.2) is 9.37 Å². The van der Waals surface area contributed by atoms with E-state index in [9.17, 15) is 4.39 Å². The minimum absolute atomic E-state index is 0.296. The monoisotopic (exact) mass is 330 g/mol. The van der Waals surface area contributed by atoms with Crippen LogP contribution in [-0.2, 0) is 6.54 Å². The molecule has 128 valence electrons. The summed E-state index contributed by atoms with van der Waals surface area (Å²) in [6, 6.07) is 9.60. The van der Waals surface area contributed by atoms with Crippen LogP contribution < -0.4 is 15.4 Å². The van der Waals surface area contributed by atoms with Gasteiger partial charge in [-0.3, -0.25) is 4.99 Å². The zero-order valence-corrected chi connectivity index (χ0v) is 14.1. The van der Waals surface area contributed by atoms with Crippen molar-refractivity contribution in [1.82, 2.24) is 15.6 Å². The molecule has 24 heavy (non-hydrogen) atoms. The van der Waals surface area contributed by atoms with Crippen molar-refractivity contribution >= 4 is 5.96 Å². The van der Waals surface area contributed by atoms with E-state index in [1.54, 1.807) is 25.4 Å². The van der Waals surface area contributed by atoms with E-state index in [2.05, 4.69) is 27.5 Å². The van der Waals surface area contributed by atoms with Crippen molar-refractivity contribution in [3.05, 3.63) is 54.0 Å². The number of hydrogen-bond donors (Lipinski definition) is 2. The Morgan fingerprint density at radius 3 is 2.71 bits per heavy atom. The van der Waals surface area contributed by atoms with Gasteiger partial charge in [-0.1, -0.05) is 13.3 Å². The SMILES string of the molecule is CCCCNC(=NC)NCc1ccnc(Oc2ccc(F)cc2)c1. The highest BCUT2D eigenvalue weighted by atomic mass is 19.1. The van der Waals surface area contributed by atoms with Crippen molar-refractivity contribution in [2.45, 2.75) is 26.3 Å². The van der Waals surface area contributed by atoms with Crippen molar-refractivity contribution in [2.24, 2.45) is 4.99 Å². The minimum Gasteiger partial charge on any atom is -0.439 e. The fraction of sp³-hybridized carbons (Fsp3) is 0.333. The number of rotatable bonds is 7. The summed E-state index contributed by atoms with van der Waals surface area (Å²) in [6.45, 7) is 3.65. The quantitative estimate of drug-likeness (QED) is 0.464. The first-order valence-corrected chi connectivity index (χ1v) is 8.04. The second kappa shape index (κ2) is 9.50. The summed E-state index contributed by atoms with van der Waals surface area (Å²) in [4.78, 5) is 8.36. The second-order valence-corrected chi connectivity index (χ2v) is 5.26. The molecule has 0 aliphatic carbocycles. The predicted octanol–water partition coefficient (Wildman–Crippen LogP) is 3.48. The van der Waals surface area contributed by atoms with Gasteiger partial charge in [0.05, 0.1) is 0 Å². The molecule has 1 heterocycles. The number of benzene rings is 1. The van der Waals surface area contributed by atoms with Crippen molar-refractivity contribution in [3.63, 3.8) is 0 Å². The lowest BCUT2D eigenvalue weighted by Gasteiger charge is -2.12. The number of ether oxygens (including phenoxy) is 1. The van der Waals surface area contributed by atoms with Gasteiger partial charge in [0, 0.05) is 32.4 Å². The topological polar surface area (TPSA) is 58.5 Å². The highest BCUT2D eigenvalue weighted by Crippen LogP contribution is 2.20. The Labute approximate surface area is 142 Å². The molecule has 0 atom stereocenters. The molecule has 0 saturated heterocycles. The van der Waals surface area contributed by atoms with E-state index in [4.69, 9.17) is 4.74 Å². The second-order valence-electron chi connectivity index (χ2n) is 5.26. The third-order valence-electron chi connectivity index (χ3n) is 3.34. The van der Waals surface area contributed by atoms with Crippen LogP contribution in [0.3, 0.4) is 0 Å². The maximum absolute atomic E-state index is 12.9. The van der Waals surface area contributed by atoms with Gasteiger partial charge < -0.3 is 15.4 Å². The molecular weight excluding hydrogens is 307 g/mol. The van der Waals surface area contributed by atoms with Crippen molar-refractivity contribution in [2.75, 3.05) is 13.6 Å². The molecular formula is C18H23FN4O. The molecule has 5 nitrogen and oxygen atoms in total. The molecule has 0 amide bonds. The molecule has 2 N–H and O–H groups in total. The van der Waals surface area contributed by atoms with Crippen LogP contribution in [0, 0.1) is 5.82 Å². The molecule has 1 aromatic carbocycles. The van der Waals surface area contributed by atoms with Gasteiger partial charge in [0.15, 0.2) is 5.96 Å². The summed E-state index contributed by atoms with van der Waals surface area (Å²) in [5.74, 6) is 1.48. The lowest BCUT2D eigenvalue weighted by Crippen LogP contribution is -2.37. The van der Waals surface area contributed by atoms with E-state index < -0.39 is 0 Å². The van der Waals surface area contributed by atoms with Crippen LogP contribution >= 0.6 is 0 Å². The smallest absolute Gasteiger partial charge is 0.219 e. The van der Waals surface area contributed by atoms with Crippen LogP contribution in [0.4, 0.5) is 4.39 Å². The first-order valence-electron chi connectivity index (χ1n) is 8.04. The first kappa shape index (κ1) is 17.7. The Morgan fingerprint density at radius 2 is 2.00 bits per heavy atom. The third kappa shape index (κ3) is 5.87. The summed E-state index contributed by atoms with van der Waals surface area (Å²) in [7, 11) is 1.75. The number of halogens is 1. The van der Waals surface area contributed by atoms with Gasteiger partial charge in [-0.2, -0.15) is 0 Å². The van der Waals surface area contributed by atoms with Crippen LogP contribution in [0.2, 0.25) is 0 Å². The van der Waals surface area contributed by atoms with Crippen molar-refractivity contribution in [3.8, 4) is 11.6 Å². The fourth-order valence-corrected chi connectivity index (χ4v) is 2.03. The summed E-state index contributed by atoms with van der Waals surface area (Å²) in [5, 5.41) is 6.51. The van der Waals surface area contributed by atoms with Gasteiger partial charge in [0.25, 0.3) is 0 Å². The van der Waals surface area contributed by atoms with Crippen LogP contribution in [0.15, 0.2) is 47.6 Å². The van der Waals surface area contributed by atoms with Gasteiger partial charge in [-0.05, 0) is 42.3 Å². The van der Waals surface area contributed by atoms with Crippen molar-refractivity contribution in [1.29, 1.82) is 0 Å². The third-order valence-corrected chi connectivity index (χ3v) is 3.34. The van der Waals surface area contributed by atoms with Gasteiger partial charge in [0.1, 0.15) is 11.6 Å². The number of guanidine groups is 1. The molecule has 0 aliphatic rings. The largest absolute Gasteiger partial charge is 0.439 e. The zero-order chi connectivity index (χ0) is 17.2. The molecule has 0 spiro atoms. The molecule has 0 aliphatic heterocycles. The highest BCUT2D eigenvalue weighted by molar-refractivity contribution is 5.79. The lowest BCUT2D eigenvalue weighted by molar-refractivity contribution is 0.460. The van der Waals surface area contributed by atoms with Gasteiger partial charge >= 0.3 is 0 Å². The van der Waals surface area contributed by atoms with Crippen LogP contribution in [0.5, 0.6) is 11.6 Å². The minimum atomic E-state index is -0.296. The Hall–Kier alpha value is -2.63. The van der Waals surface area contributed by atoms with E-state index in [1.807, 2.05) is 12.1 Å².